The first kappa shape index (κ1) is 16.2. The fourth-order valence-electron chi connectivity index (χ4n) is 2.28. The number of carbonyl (C=O) groups excluding carboxylic acids is 1. The second-order valence-corrected chi connectivity index (χ2v) is 6.14. The highest BCUT2D eigenvalue weighted by Crippen LogP contribution is 2.19. The summed E-state index contributed by atoms with van der Waals surface area (Å²) < 4.78 is 10.3. The average molecular weight is 272 g/mol. The number of hydrogen-bond donors (Lipinski definition) is 2. The predicted molar refractivity (Wildman–Crippen MR) is 75.3 cm³/mol. The smallest absolute Gasteiger partial charge is 0.407 e. The molecule has 0 heterocycles. The van der Waals surface area contributed by atoms with Gasteiger partial charge in [-0.2, -0.15) is 0 Å². The number of carbonyl (C=O) groups is 1. The van der Waals surface area contributed by atoms with Crippen molar-refractivity contribution in [3.63, 3.8) is 0 Å². The van der Waals surface area contributed by atoms with Crippen LogP contribution < -0.4 is 10.6 Å². The monoisotopic (exact) mass is 272 g/mol. The van der Waals surface area contributed by atoms with Crippen molar-refractivity contribution in [2.24, 2.45) is 0 Å². The van der Waals surface area contributed by atoms with Crippen LogP contribution >= 0.6 is 0 Å². The Kier molecular flexibility index (Phi) is 6.58. The molecule has 0 saturated heterocycles. The summed E-state index contributed by atoms with van der Waals surface area (Å²) in [4.78, 5) is 11.7. The van der Waals surface area contributed by atoms with Crippen LogP contribution in [0, 0.1) is 0 Å². The number of methoxy groups -OCH3 is 1. The summed E-state index contributed by atoms with van der Waals surface area (Å²) in [5.74, 6) is 0. The van der Waals surface area contributed by atoms with E-state index < -0.39 is 5.60 Å². The Balaban J connectivity index is 2.17. The molecule has 0 radical (unpaired) electrons. The van der Waals surface area contributed by atoms with Gasteiger partial charge in [-0.05, 0) is 46.5 Å². The zero-order chi connectivity index (χ0) is 14.3. The summed E-state index contributed by atoms with van der Waals surface area (Å²) in [6.45, 7) is 7.27. The first-order valence-electron chi connectivity index (χ1n) is 7.12. The van der Waals surface area contributed by atoms with Crippen molar-refractivity contribution >= 4 is 6.09 Å². The predicted octanol–water partition coefficient (Wildman–Crippen LogP) is 2.06. The Bertz CT molecular complexity index is 268. The topological polar surface area (TPSA) is 59.6 Å². The minimum atomic E-state index is -0.428. The Morgan fingerprint density at radius 3 is 2.26 bits per heavy atom. The van der Waals surface area contributed by atoms with Crippen LogP contribution in [-0.4, -0.2) is 44.0 Å². The lowest BCUT2D eigenvalue weighted by Gasteiger charge is -2.30. The highest BCUT2D eigenvalue weighted by atomic mass is 16.6. The van der Waals surface area contributed by atoms with Crippen molar-refractivity contribution in [2.45, 2.75) is 64.1 Å². The quantitative estimate of drug-likeness (QED) is 0.752. The normalized spacial score (nSPS) is 24.0. The molecule has 1 amide bonds. The van der Waals surface area contributed by atoms with Crippen molar-refractivity contribution in [3.8, 4) is 0 Å². The van der Waals surface area contributed by atoms with Gasteiger partial charge in [-0.3, -0.25) is 0 Å². The van der Waals surface area contributed by atoms with Gasteiger partial charge < -0.3 is 20.1 Å². The van der Waals surface area contributed by atoms with Crippen LogP contribution in [0.15, 0.2) is 0 Å². The van der Waals surface area contributed by atoms with Gasteiger partial charge in [0.2, 0.25) is 0 Å². The second kappa shape index (κ2) is 7.70. The maximum Gasteiger partial charge on any atom is 0.407 e. The molecule has 0 aromatic rings. The number of hydrogen-bond acceptors (Lipinski definition) is 4. The summed E-state index contributed by atoms with van der Waals surface area (Å²) in [6, 6.07) is 0.794. The fourth-order valence-corrected chi connectivity index (χ4v) is 2.28. The third-order valence-electron chi connectivity index (χ3n) is 3.19. The standard InChI is InChI=1S/C14H28N2O3/c1-14(2,3)19-13(17)16-12-7-5-11(6-8-12)15-9-10-18-4/h11-12,15H,5-10H2,1-4H3,(H,16,17). The van der Waals surface area contributed by atoms with E-state index in [9.17, 15) is 4.79 Å². The largest absolute Gasteiger partial charge is 0.444 e. The van der Waals surface area contributed by atoms with Gasteiger partial charge in [0.1, 0.15) is 5.60 Å². The summed E-state index contributed by atoms with van der Waals surface area (Å²) in [5.41, 5.74) is -0.428. The van der Waals surface area contributed by atoms with E-state index in [-0.39, 0.29) is 12.1 Å². The number of alkyl carbamates (subject to hydrolysis) is 1. The molecule has 0 spiro atoms. The van der Waals surface area contributed by atoms with Gasteiger partial charge in [0, 0.05) is 25.7 Å². The van der Waals surface area contributed by atoms with Gasteiger partial charge in [-0.15, -0.1) is 0 Å². The molecule has 1 saturated carbocycles. The highest BCUT2D eigenvalue weighted by molar-refractivity contribution is 5.68. The molecule has 1 aliphatic rings. The van der Waals surface area contributed by atoms with Gasteiger partial charge in [-0.1, -0.05) is 0 Å². The van der Waals surface area contributed by atoms with Crippen molar-refractivity contribution < 1.29 is 14.3 Å². The average Bonchev–Trinajstić information content (AvgIpc) is 2.29. The Hall–Kier alpha value is -0.810. The first-order valence-corrected chi connectivity index (χ1v) is 7.12. The lowest BCUT2D eigenvalue weighted by atomic mass is 9.91. The molecule has 2 N–H and O–H groups in total. The van der Waals surface area contributed by atoms with E-state index in [1.807, 2.05) is 20.8 Å². The van der Waals surface area contributed by atoms with E-state index in [4.69, 9.17) is 9.47 Å². The van der Waals surface area contributed by atoms with Gasteiger partial charge >= 0.3 is 6.09 Å². The maximum absolute atomic E-state index is 11.7. The molecule has 0 unspecified atom stereocenters. The minimum Gasteiger partial charge on any atom is -0.444 e. The minimum absolute atomic E-state index is 0.246. The summed E-state index contributed by atoms with van der Waals surface area (Å²) in [7, 11) is 1.71. The van der Waals surface area contributed by atoms with E-state index in [0.29, 0.717) is 6.04 Å². The molecule has 0 aromatic heterocycles. The first-order chi connectivity index (χ1) is 8.90. The van der Waals surface area contributed by atoms with Crippen molar-refractivity contribution in [3.05, 3.63) is 0 Å². The Morgan fingerprint density at radius 1 is 1.16 bits per heavy atom. The van der Waals surface area contributed by atoms with Gasteiger partial charge in [-0.25, -0.2) is 4.79 Å². The van der Waals surface area contributed by atoms with Gasteiger partial charge in [0.15, 0.2) is 0 Å². The summed E-state index contributed by atoms with van der Waals surface area (Å²) in [5, 5.41) is 6.42. The van der Waals surface area contributed by atoms with Crippen LogP contribution in [0.25, 0.3) is 0 Å². The van der Waals surface area contributed by atoms with Crippen molar-refractivity contribution in [1.29, 1.82) is 0 Å². The molecule has 0 aliphatic heterocycles. The lowest BCUT2D eigenvalue weighted by molar-refractivity contribution is 0.0489. The number of ether oxygens (including phenoxy) is 2. The summed E-state index contributed by atoms with van der Waals surface area (Å²) in [6.07, 6.45) is 3.88. The molecule has 1 fully saturated rings. The molecular formula is C14H28N2O3. The molecule has 5 nitrogen and oxygen atoms in total. The fraction of sp³-hybridized carbons (Fsp3) is 0.929. The molecule has 0 aromatic carbocycles. The van der Waals surface area contributed by atoms with Gasteiger partial charge in [0.05, 0.1) is 6.61 Å². The molecule has 0 atom stereocenters. The van der Waals surface area contributed by atoms with Crippen LogP contribution in [0.1, 0.15) is 46.5 Å². The van der Waals surface area contributed by atoms with Crippen LogP contribution in [0.5, 0.6) is 0 Å². The highest BCUT2D eigenvalue weighted by Gasteiger charge is 2.24. The third kappa shape index (κ3) is 7.38. The van der Waals surface area contributed by atoms with Crippen LogP contribution in [0.4, 0.5) is 4.79 Å². The van der Waals surface area contributed by atoms with Crippen molar-refractivity contribution in [1.82, 2.24) is 10.6 Å². The van der Waals surface area contributed by atoms with Crippen LogP contribution in [0.2, 0.25) is 0 Å². The van der Waals surface area contributed by atoms with Crippen LogP contribution in [-0.2, 0) is 9.47 Å². The Labute approximate surface area is 116 Å². The molecule has 112 valence electrons. The van der Waals surface area contributed by atoms with E-state index in [2.05, 4.69) is 10.6 Å². The SMILES string of the molecule is COCCNC1CCC(NC(=O)OC(C)(C)C)CC1. The molecule has 5 heteroatoms. The number of rotatable bonds is 5. The zero-order valence-corrected chi connectivity index (χ0v) is 12.6. The Morgan fingerprint density at radius 2 is 1.74 bits per heavy atom. The zero-order valence-electron chi connectivity index (χ0n) is 12.6. The van der Waals surface area contributed by atoms with Crippen molar-refractivity contribution in [2.75, 3.05) is 20.3 Å². The van der Waals surface area contributed by atoms with E-state index in [1.165, 1.54) is 0 Å². The molecular weight excluding hydrogens is 244 g/mol. The second-order valence-electron chi connectivity index (χ2n) is 6.14. The van der Waals surface area contributed by atoms with Crippen LogP contribution in [0.3, 0.4) is 0 Å². The number of nitrogens with one attached hydrogen (secondary N) is 2. The summed E-state index contributed by atoms with van der Waals surface area (Å²) >= 11 is 0. The number of amides is 1. The van der Waals surface area contributed by atoms with Gasteiger partial charge in [0.25, 0.3) is 0 Å². The molecule has 1 rings (SSSR count). The third-order valence-corrected chi connectivity index (χ3v) is 3.19. The van der Waals surface area contributed by atoms with E-state index in [1.54, 1.807) is 7.11 Å². The maximum atomic E-state index is 11.7. The van der Waals surface area contributed by atoms with E-state index >= 15 is 0 Å². The molecule has 1 aliphatic carbocycles. The molecule has 0 bridgehead atoms. The van der Waals surface area contributed by atoms with E-state index in [0.717, 1.165) is 38.8 Å². The molecule has 19 heavy (non-hydrogen) atoms. The lowest BCUT2D eigenvalue weighted by Crippen LogP contribution is -2.44.